The van der Waals surface area contributed by atoms with Crippen LogP contribution in [0.5, 0.6) is 11.5 Å². The molecule has 0 saturated carbocycles. The Bertz CT molecular complexity index is 542. The van der Waals surface area contributed by atoms with Crippen LogP contribution in [0.25, 0.3) is 6.08 Å². The van der Waals surface area contributed by atoms with E-state index in [1.807, 2.05) is 12.1 Å². The standard InChI is InChI=1S/C16H24O4Si/c1-16(2,3)21(5,6)20-13-9-7-12(8-10-15(17)18)11-14(13)19-4/h7-11H,1-6H3,(H,17,18). The van der Waals surface area contributed by atoms with Gasteiger partial charge in [-0.15, -0.1) is 0 Å². The summed E-state index contributed by atoms with van der Waals surface area (Å²) < 4.78 is 11.6. The van der Waals surface area contributed by atoms with Crippen LogP contribution in [0.4, 0.5) is 0 Å². The maximum atomic E-state index is 10.6. The molecule has 0 aliphatic carbocycles. The summed E-state index contributed by atoms with van der Waals surface area (Å²) in [7, 11) is -0.357. The lowest BCUT2D eigenvalue weighted by Gasteiger charge is -2.36. The predicted octanol–water partition coefficient (Wildman–Crippen LogP) is 4.18. The highest BCUT2D eigenvalue weighted by atomic mass is 28.4. The Morgan fingerprint density at radius 3 is 2.33 bits per heavy atom. The number of hydrogen-bond acceptors (Lipinski definition) is 3. The van der Waals surface area contributed by atoms with Crippen LogP contribution in [-0.4, -0.2) is 26.5 Å². The van der Waals surface area contributed by atoms with Crippen molar-refractivity contribution in [2.45, 2.75) is 38.9 Å². The summed E-state index contributed by atoms with van der Waals surface area (Å²) in [5, 5.41) is 8.76. The third kappa shape index (κ3) is 4.63. The summed E-state index contributed by atoms with van der Waals surface area (Å²) in [5.74, 6) is 0.347. The molecular weight excluding hydrogens is 284 g/mol. The molecular formula is C16H24O4Si. The van der Waals surface area contributed by atoms with Crippen molar-refractivity contribution in [3.8, 4) is 11.5 Å². The molecule has 5 heteroatoms. The fourth-order valence-electron chi connectivity index (χ4n) is 1.47. The zero-order chi connectivity index (χ0) is 16.3. The Kier molecular flexibility index (Phi) is 5.23. The zero-order valence-corrected chi connectivity index (χ0v) is 14.6. The highest BCUT2D eigenvalue weighted by Crippen LogP contribution is 2.40. The van der Waals surface area contributed by atoms with Gasteiger partial charge in [-0.2, -0.15) is 0 Å². The molecule has 1 aromatic carbocycles. The Balaban J connectivity index is 3.07. The van der Waals surface area contributed by atoms with Crippen molar-refractivity contribution in [1.82, 2.24) is 0 Å². The summed E-state index contributed by atoms with van der Waals surface area (Å²) >= 11 is 0. The summed E-state index contributed by atoms with van der Waals surface area (Å²) in [5.41, 5.74) is 0.761. The van der Waals surface area contributed by atoms with E-state index < -0.39 is 14.3 Å². The second-order valence-electron chi connectivity index (χ2n) is 6.44. The minimum Gasteiger partial charge on any atom is -0.541 e. The quantitative estimate of drug-likeness (QED) is 0.655. The van der Waals surface area contributed by atoms with Crippen LogP contribution in [0.2, 0.25) is 18.1 Å². The van der Waals surface area contributed by atoms with Crippen LogP contribution in [0, 0.1) is 0 Å². The van der Waals surface area contributed by atoms with Crippen LogP contribution in [0.15, 0.2) is 24.3 Å². The molecule has 0 heterocycles. The molecule has 0 spiro atoms. The third-order valence-corrected chi connectivity index (χ3v) is 8.12. The number of benzene rings is 1. The molecule has 0 unspecified atom stereocenters. The number of carboxylic acid groups (broad SMARTS) is 1. The van der Waals surface area contributed by atoms with Gasteiger partial charge in [-0.1, -0.05) is 26.8 Å². The van der Waals surface area contributed by atoms with Crippen molar-refractivity contribution in [2.24, 2.45) is 0 Å². The maximum absolute atomic E-state index is 10.6. The van der Waals surface area contributed by atoms with E-state index in [0.29, 0.717) is 11.5 Å². The van der Waals surface area contributed by atoms with E-state index in [4.69, 9.17) is 14.3 Å². The van der Waals surface area contributed by atoms with E-state index in [1.54, 1.807) is 13.2 Å². The number of carbonyl (C=O) groups is 1. The molecule has 1 rings (SSSR count). The molecule has 0 aliphatic heterocycles. The minimum atomic E-state index is -1.94. The van der Waals surface area contributed by atoms with E-state index in [9.17, 15) is 4.79 Å². The van der Waals surface area contributed by atoms with Gasteiger partial charge >= 0.3 is 5.97 Å². The fourth-order valence-corrected chi connectivity index (χ4v) is 2.49. The smallest absolute Gasteiger partial charge is 0.328 e. The van der Waals surface area contributed by atoms with E-state index in [-0.39, 0.29) is 5.04 Å². The van der Waals surface area contributed by atoms with Gasteiger partial charge in [-0.25, -0.2) is 4.79 Å². The van der Waals surface area contributed by atoms with Crippen molar-refractivity contribution in [1.29, 1.82) is 0 Å². The van der Waals surface area contributed by atoms with Gasteiger partial charge in [0, 0.05) is 6.08 Å². The zero-order valence-electron chi connectivity index (χ0n) is 13.6. The van der Waals surface area contributed by atoms with Crippen LogP contribution in [-0.2, 0) is 4.79 Å². The van der Waals surface area contributed by atoms with Gasteiger partial charge in [0.15, 0.2) is 5.75 Å². The molecule has 1 aromatic rings. The number of ether oxygens (including phenoxy) is 1. The molecule has 0 atom stereocenters. The van der Waals surface area contributed by atoms with Gasteiger partial charge in [0.25, 0.3) is 8.32 Å². The van der Waals surface area contributed by atoms with Crippen LogP contribution in [0.1, 0.15) is 26.3 Å². The second kappa shape index (κ2) is 6.35. The molecule has 4 nitrogen and oxygen atoms in total. The van der Waals surface area contributed by atoms with Gasteiger partial charge in [-0.3, -0.25) is 0 Å². The summed E-state index contributed by atoms with van der Waals surface area (Å²) in [6, 6.07) is 5.44. The van der Waals surface area contributed by atoms with Crippen molar-refractivity contribution in [2.75, 3.05) is 7.11 Å². The van der Waals surface area contributed by atoms with Crippen molar-refractivity contribution in [3.05, 3.63) is 29.8 Å². The monoisotopic (exact) mass is 308 g/mol. The number of rotatable bonds is 5. The molecule has 0 aliphatic rings. The van der Waals surface area contributed by atoms with Crippen LogP contribution >= 0.6 is 0 Å². The van der Waals surface area contributed by atoms with Gasteiger partial charge < -0.3 is 14.3 Å². The molecule has 1 N–H and O–H groups in total. The van der Waals surface area contributed by atoms with E-state index in [2.05, 4.69) is 33.9 Å². The largest absolute Gasteiger partial charge is 0.541 e. The first-order valence-electron chi connectivity index (χ1n) is 6.85. The first-order valence-corrected chi connectivity index (χ1v) is 9.76. The normalized spacial score (nSPS) is 12.5. The average Bonchev–Trinajstić information content (AvgIpc) is 2.35. The van der Waals surface area contributed by atoms with Crippen molar-refractivity contribution < 1.29 is 19.1 Å². The number of methoxy groups -OCH3 is 1. The number of hydrogen-bond donors (Lipinski definition) is 1. The Hall–Kier alpha value is -1.75. The molecule has 0 aromatic heterocycles. The van der Waals surface area contributed by atoms with Gasteiger partial charge in [-0.05, 0) is 41.9 Å². The highest BCUT2D eigenvalue weighted by molar-refractivity contribution is 6.74. The molecule has 0 radical (unpaired) electrons. The van der Waals surface area contributed by atoms with Crippen LogP contribution < -0.4 is 9.16 Å². The Labute approximate surface area is 127 Å². The lowest BCUT2D eigenvalue weighted by molar-refractivity contribution is -0.131. The lowest BCUT2D eigenvalue weighted by atomic mass is 10.2. The predicted molar refractivity (Wildman–Crippen MR) is 87.5 cm³/mol. The Morgan fingerprint density at radius 2 is 1.86 bits per heavy atom. The topological polar surface area (TPSA) is 55.8 Å². The molecule has 0 saturated heterocycles. The second-order valence-corrected chi connectivity index (χ2v) is 11.2. The van der Waals surface area contributed by atoms with Gasteiger partial charge in [0.05, 0.1) is 7.11 Å². The summed E-state index contributed by atoms with van der Waals surface area (Å²) in [6.07, 6.45) is 2.63. The maximum Gasteiger partial charge on any atom is 0.328 e. The van der Waals surface area contributed by atoms with E-state index >= 15 is 0 Å². The fraction of sp³-hybridized carbons (Fsp3) is 0.438. The van der Waals surface area contributed by atoms with Crippen LogP contribution in [0.3, 0.4) is 0 Å². The molecule has 0 fully saturated rings. The molecule has 0 amide bonds. The summed E-state index contributed by atoms with van der Waals surface area (Å²) in [6.45, 7) is 10.9. The average molecular weight is 308 g/mol. The Morgan fingerprint density at radius 1 is 1.24 bits per heavy atom. The van der Waals surface area contributed by atoms with Crippen molar-refractivity contribution >= 4 is 20.4 Å². The van der Waals surface area contributed by atoms with Gasteiger partial charge in [0.2, 0.25) is 0 Å². The minimum absolute atomic E-state index is 0.0971. The van der Waals surface area contributed by atoms with E-state index in [0.717, 1.165) is 11.6 Å². The number of carboxylic acids is 1. The molecule has 116 valence electrons. The SMILES string of the molecule is COc1cc(C=CC(=O)O)ccc1O[Si](C)(C)C(C)(C)C. The molecule has 21 heavy (non-hydrogen) atoms. The molecule has 0 bridgehead atoms. The highest BCUT2D eigenvalue weighted by Gasteiger charge is 2.39. The third-order valence-electron chi connectivity index (χ3n) is 3.78. The van der Waals surface area contributed by atoms with Gasteiger partial charge in [0.1, 0.15) is 5.75 Å². The first kappa shape index (κ1) is 17.3. The lowest BCUT2D eigenvalue weighted by Crippen LogP contribution is -2.43. The van der Waals surface area contributed by atoms with E-state index in [1.165, 1.54) is 6.08 Å². The summed E-state index contributed by atoms with van der Waals surface area (Å²) in [4.78, 5) is 10.6. The van der Waals surface area contributed by atoms with Crippen molar-refractivity contribution in [3.63, 3.8) is 0 Å². The first-order chi connectivity index (χ1) is 9.56. The number of aliphatic carboxylic acids is 1.